The fourth-order valence-electron chi connectivity index (χ4n) is 2.29. The maximum absolute atomic E-state index is 12.5. The Hall–Kier alpha value is -1.85. The largest absolute Gasteiger partial charge is 0.493 e. The van der Waals surface area contributed by atoms with Crippen molar-refractivity contribution in [1.29, 1.82) is 0 Å². The maximum Gasteiger partial charge on any atom is 0.253 e. The number of thioether (sulfide) groups is 1. The topological polar surface area (TPSA) is 47.6 Å². The van der Waals surface area contributed by atoms with Crippen molar-refractivity contribution in [2.45, 2.75) is 17.9 Å². The van der Waals surface area contributed by atoms with E-state index in [0.717, 1.165) is 10.5 Å². The molecule has 0 aliphatic heterocycles. The Morgan fingerprint density at radius 1 is 1.12 bits per heavy atom. The normalized spacial score (nSPS) is 11.7. The van der Waals surface area contributed by atoms with E-state index in [2.05, 4.69) is 5.32 Å². The monoisotopic (exact) mass is 365 g/mol. The van der Waals surface area contributed by atoms with E-state index in [9.17, 15) is 4.79 Å². The van der Waals surface area contributed by atoms with Gasteiger partial charge < -0.3 is 14.8 Å². The van der Waals surface area contributed by atoms with E-state index in [1.807, 2.05) is 37.4 Å². The van der Waals surface area contributed by atoms with Crippen LogP contribution in [0.1, 0.15) is 28.9 Å². The Morgan fingerprint density at radius 2 is 1.83 bits per heavy atom. The lowest BCUT2D eigenvalue weighted by Crippen LogP contribution is -2.27. The van der Waals surface area contributed by atoms with Crippen LogP contribution in [0.2, 0.25) is 5.02 Å². The first-order valence-electron chi connectivity index (χ1n) is 7.36. The molecule has 6 heteroatoms. The number of hydrogen-bond acceptors (Lipinski definition) is 4. The summed E-state index contributed by atoms with van der Waals surface area (Å²) in [7, 11) is 3.17. The molecule has 0 aromatic heterocycles. The van der Waals surface area contributed by atoms with E-state index < -0.39 is 0 Å². The van der Waals surface area contributed by atoms with Crippen molar-refractivity contribution in [3.8, 4) is 11.5 Å². The SMILES string of the molecule is COc1ccc(C(C)NC(=O)c2cc(SC)ccc2Cl)cc1OC. The van der Waals surface area contributed by atoms with E-state index in [1.54, 1.807) is 38.1 Å². The van der Waals surface area contributed by atoms with Crippen molar-refractivity contribution < 1.29 is 14.3 Å². The molecule has 1 unspecified atom stereocenters. The van der Waals surface area contributed by atoms with Gasteiger partial charge >= 0.3 is 0 Å². The Kier molecular flexibility index (Phi) is 6.40. The summed E-state index contributed by atoms with van der Waals surface area (Å²) in [4.78, 5) is 13.5. The minimum atomic E-state index is -0.210. The van der Waals surface area contributed by atoms with Crippen molar-refractivity contribution in [3.63, 3.8) is 0 Å². The van der Waals surface area contributed by atoms with Crippen LogP contribution < -0.4 is 14.8 Å². The van der Waals surface area contributed by atoms with Gasteiger partial charge in [0, 0.05) is 4.90 Å². The average molecular weight is 366 g/mol. The number of hydrogen-bond donors (Lipinski definition) is 1. The number of rotatable bonds is 6. The molecule has 0 saturated heterocycles. The van der Waals surface area contributed by atoms with Crippen molar-refractivity contribution in [2.75, 3.05) is 20.5 Å². The standard InChI is InChI=1S/C18H20ClNO3S/c1-11(12-5-8-16(22-2)17(9-12)23-3)20-18(21)14-10-13(24-4)6-7-15(14)19/h5-11H,1-4H3,(H,20,21). The van der Waals surface area contributed by atoms with E-state index in [4.69, 9.17) is 21.1 Å². The smallest absolute Gasteiger partial charge is 0.253 e. The first-order chi connectivity index (χ1) is 11.5. The van der Waals surface area contributed by atoms with Gasteiger partial charge in [-0.15, -0.1) is 11.8 Å². The Morgan fingerprint density at radius 3 is 2.46 bits per heavy atom. The second-order valence-electron chi connectivity index (χ2n) is 5.16. The molecule has 1 amide bonds. The number of carbonyl (C=O) groups excluding carboxylic acids is 1. The second kappa shape index (κ2) is 8.31. The summed E-state index contributed by atoms with van der Waals surface area (Å²) in [6, 6.07) is 10.8. The summed E-state index contributed by atoms with van der Waals surface area (Å²) >= 11 is 7.72. The molecule has 0 aliphatic carbocycles. The molecule has 1 N–H and O–H groups in total. The van der Waals surface area contributed by atoms with Gasteiger partial charge in [-0.05, 0) is 49.1 Å². The van der Waals surface area contributed by atoms with Crippen LogP contribution in [0.3, 0.4) is 0 Å². The molecule has 0 radical (unpaired) electrons. The zero-order valence-electron chi connectivity index (χ0n) is 14.1. The predicted octanol–water partition coefficient (Wildman–Crippen LogP) is 4.57. The number of carbonyl (C=O) groups is 1. The lowest BCUT2D eigenvalue weighted by Gasteiger charge is -2.17. The third-order valence-corrected chi connectivity index (χ3v) is 4.73. The van der Waals surface area contributed by atoms with Crippen LogP contribution in [-0.2, 0) is 0 Å². The Balaban J connectivity index is 2.20. The Labute approximate surface area is 151 Å². The molecule has 0 saturated carbocycles. The van der Waals surface area contributed by atoms with E-state index in [1.165, 1.54) is 0 Å². The predicted molar refractivity (Wildman–Crippen MR) is 98.7 cm³/mol. The van der Waals surface area contributed by atoms with Gasteiger partial charge in [0.05, 0.1) is 30.8 Å². The van der Waals surface area contributed by atoms with Gasteiger partial charge in [0.15, 0.2) is 11.5 Å². The molecule has 4 nitrogen and oxygen atoms in total. The van der Waals surface area contributed by atoms with Crippen LogP contribution in [0.5, 0.6) is 11.5 Å². The van der Waals surface area contributed by atoms with Crippen molar-refractivity contribution in [2.24, 2.45) is 0 Å². The molecule has 0 heterocycles. The molecule has 0 spiro atoms. The zero-order valence-corrected chi connectivity index (χ0v) is 15.6. The highest BCUT2D eigenvalue weighted by Gasteiger charge is 2.16. The van der Waals surface area contributed by atoms with Gasteiger partial charge in [-0.1, -0.05) is 17.7 Å². The summed E-state index contributed by atoms with van der Waals surface area (Å²) in [6.07, 6.45) is 1.96. The van der Waals surface area contributed by atoms with Crippen molar-refractivity contribution >= 4 is 29.3 Å². The molecule has 128 valence electrons. The van der Waals surface area contributed by atoms with E-state index in [0.29, 0.717) is 22.1 Å². The molecule has 2 aromatic rings. The number of nitrogens with one attached hydrogen (secondary N) is 1. The minimum Gasteiger partial charge on any atom is -0.493 e. The molecule has 0 bridgehead atoms. The fourth-order valence-corrected chi connectivity index (χ4v) is 2.93. The molecular weight excluding hydrogens is 346 g/mol. The molecule has 2 aromatic carbocycles. The number of methoxy groups -OCH3 is 2. The second-order valence-corrected chi connectivity index (χ2v) is 6.44. The Bertz CT molecular complexity index is 736. The fraction of sp³-hybridized carbons (Fsp3) is 0.278. The maximum atomic E-state index is 12.5. The number of benzene rings is 2. The van der Waals surface area contributed by atoms with Gasteiger partial charge in [-0.3, -0.25) is 4.79 Å². The zero-order chi connectivity index (χ0) is 17.7. The molecule has 0 fully saturated rings. The molecule has 0 aliphatic rings. The highest BCUT2D eigenvalue weighted by Crippen LogP contribution is 2.30. The molecular formula is C18H20ClNO3S. The van der Waals surface area contributed by atoms with Crippen molar-refractivity contribution in [1.82, 2.24) is 5.32 Å². The van der Waals surface area contributed by atoms with Gasteiger partial charge in [0.25, 0.3) is 5.91 Å². The number of halogens is 1. The number of amides is 1. The third kappa shape index (κ3) is 4.16. The summed E-state index contributed by atoms with van der Waals surface area (Å²) in [5, 5.41) is 3.40. The molecule has 1 atom stereocenters. The lowest BCUT2D eigenvalue weighted by atomic mass is 10.1. The van der Waals surface area contributed by atoms with Crippen LogP contribution in [-0.4, -0.2) is 26.4 Å². The van der Waals surface area contributed by atoms with Gasteiger partial charge in [0.2, 0.25) is 0 Å². The van der Waals surface area contributed by atoms with Crippen LogP contribution in [0.25, 0.3) is 0 Å². The van der Waals surface area contributed by atoms with Gasteiger partial charge in [-0.2, -0.15) is 0 Å². The highest BCUT2D eigenvalue weighted by molar-refractivity contribution is 7.98. The van der Waals surface area contributed by atoms with Crippen LogP contribution >= 0.6 is 23.4 Å². The first kappa shape index (κ1) is 18.5. The summed E-state index contributed by atoms with van der Waals surface area (Å²) in [5.74, 6) is 1.06. The van der Waals surface area contributed by atoms with Gasteiger partial charge in [-0.25, -0.2) is 0 Å². The third-order valence-electron chi connectivity index (χ3n) is 3.67. The quantitative estimate of drug-likeness (QED) is 0.762. The summed E-state index contributed by atoms with van der Waals surface area (Å²) in [6.45, 7) is 1.91. The van der Waals surface area contributed by atoms with Crippen molar-refractivity contribution in [3.05, 3.63) is 52.5 Å². The minimum absolute atomic E-state index is 0.202. The van der Waals surface area contributed by atoms with E-state index in [-0.39, 0.29) is 11.9 Å². The highest BCUT2D eigenvalue weighted by atomic mass is 35.5. The average Bonchev–Trinajstić information content (AvgIpc) is 2.61. The van der Waals surface area contributed by atoms with E-state index >= 15 is 0 Å². The number of ether oxygens (including phenoxy) is 2. The summed E-state index contributed by atoms with van der Waals surface area (Å²) in [5.41, 5.74) is 1.38. The first-order valence-corrected chi connectivity index (χ1v) is 8.96. The van der Waals surface area contributed by atoms with Crippen LogP contribution in [0.15, 0.2) is 41.3 Å². The molecule has 2 rings (SSSR count). The molecule has 24 heavy (non-hydrogen) atoms. The summed E-state index contributed by atoms with van der Waals surface area (Å²) < 4.78 is 10.5. The van der Waals surface area contributed by atoms with Crippen LogP contribution in [0.4, 0.5) is 0 Å². The van der Waals surface area contributed by atoms with Gasteiger partial charge in [0.1, 0.15) is 0 Å². The van der Waals surface area contributed by atoms with Crippen LogP contribution in [0, 0.1) is 0 Å². The lowest BCUT2D eigenvalue weighted by molar-refractivity contribution is 0.0939.